The number of fused-ring (bicyclic) bond motifs is 1. The van der Waals surface area contributed by atoms with Gasteiger partial charge in [-0.2, -0.15) is 0 Å². The van der Waals surface area contributed by atoms with Crippen LogP contribution in [0.3, 0.4) is 0 Å². The molecule has 1 N–H and O–H groups in total. The summed E-state index contributed by atoms with van der Waals surface area (Å²) in [5, 5.41) is 3.69. The summed E-state index contributed by atoms with van der Waals surface area (Å²) in [6.07, 6.45) is 1.67. The van der Waals surface area contributed by atoms with E-state index in [0.29, 0.717) is 28.8 Å². The van der Waals surface area contributed by atoms with Gasteiger partial charge in [0.05, 0.1) is 5.92 Å². The van der Waals surface area contributed by atoms with Crippen molar-refractivity contribution in [3.05, 3.63) is 46.5 Å². The Hall–Kier alpha value is -2.73. The topological polar surface area (TPSA) is 67.9 Å². The molecule has 2 aliphatic heterocycles. The molecule has 0 saturated carbocycles. The van der Waals surface area contributed by atoms with Crippen molar-refractivity contribution in [1.29, 1.82) is 0 Å². The number of ether oxygens (including phenoxy) is 2. The van der Waals surface area contributed by atoms with Crippen molar-refractivity contribution in [3.63, 3.8) is 0 Å². The van der Waals surface area contributed by atoms with Crippen LogP contribution in [-0.2, 0) is 22.4 Å². The lowest BCUT2D eigenvalue weighted by Crippen LogP contribution is -2.28. The van der Waals surface area contributed by atoms with Crippen molar-refractivity contribution in [2.45, 2.75) is 33.1 Å². The van der Waals surface area contributed by atoms with E-state index in [0.717, 1.165) is 29.7 Å². The standard InChI is InChI=1S/C22H23ClN2O4/c1-3-13-5-7-17(23)16(4-2)21(13)24-22(27)14-9-20(26)25(11-14)15-6-8-18-19(10-15)29-12-28-18/h5-8,10,14H,3-4,9,11-12H2,1-2H3,(H,24,27)/t14-/m0/s1. The SMILES string of the molecule is CCc1ccc(Cl)c(CC)c1NC(=O)[C@H]1CC(=O)N(c2ccc3c(c2)OCO3)C1. The first kappa shape index (κ1) is 19.6. The summed E-state index contributed by atoms with van der Waals surface area (Å²) in [6, 6.07) is 9.19. The van der Waals surface area contributed by atoms with Crippen LogP contribution in [0.25, 0.3) is 0 Å². The lowest BCUT2D eigenvalue weighted by Gasteiger charge is -2.19. The van der Waals surface area contributed by atoms with Crippen LogP contribution in [0.1, 0.15) is 31.4 Å². The average Bonchev–Trinajstić information content (AvgIpc) is 3.34. The highest BCUT2D eigenvalue weighted by molar-refractivity contribution is 6.32. The molecule has 0 radical (unpaired) electrons. The van der Waals surface area contributed by atoms with E-state index in [2.05, 4.69) is 5.32 Å². The van der Waals surface area contributed by atoms with Crippen LogP contribution >= 0.6 is 11.6 Å². The number of aryl methyl sites for hydroxylation is 1. The Balaban J connectivity index is 1.53. The summed E-state index contributed by atoms with van der Waals surface area (Å²) in [4.78, 5) is 27.2. The number of amides is 2. The second-order valence-corrected chi connectivity index (χ2v) is 7.61. The normalized spacial score (nSPS) is 17.7. The number of nitrogens with zero attached hydrogens (tertiary/aromatic N) is 1. The van der Waals surface area contributed by atoms with Gasteiger partial charge in [0, 0.05) is 35.4 Å². The van der Waals surface area contributed by atoms with E-state index < -0.39 is 5.92 Å². The first-order valence-corrected chi connectivity index (χ1v) is 10.2. The van der Waals surface area contributed by atoms with Crippen LogP contribution in [-0.4, -0.2) is 25.2 Å². The molecule has 152 valence electrons. The van der Waals surface area contributed by atoms with Crippen molar-refractivity contribution in [1.82, 2.24) is 0 Å². The molecule has 6 nitrogen and oxygen atoms in total. The molecular weight excluding hydrogens is 392 g/mol. The second-order valence-electron chi connectivity index (χ2n) is 7.20. The van der Waals surface area contributed by atoms with Crippen LogP contribution in [0.15, 0.2) is 30.3 Å². The van der Waals surface area contributed by atoms with E-state index in [4.69, 9.17) is 21.1 Å². The number of carbonyl (C=O) groups excluding carboxylic acids is 2. The molecule has 0 spiro atoms. The van der Waals surface area contributed by atoms with Crippen LogP contribution in [0.5, 0.6) is 11.5 Å². The highest BCUT2D eigenvalue weighted by atomic mass is 35.5. The monoisotopic (exact) mass is 414 g/mol. The smallest absolute Gasteiger partial charge is 0.231 e. The maximum absolute atomic E-state index is 13.0. The number of anilines is 2. The van der Waals surface area contributed by atoms with Gasteiger partial charge in [-0.1, -0.05) is 31.5 Å². The molecule has 4 rings (SSSR count). The molecule has 0 aliphatic carbocycles. The fourth-order valence-electron chi connectivity index (χ4n) is 3.88. The number of nitrogens with one attached hydrogen (secondary N) is 1. The van der Waals surface area contributed by atoms with Gasteiger partial charge in [0.25, 0.3) is 0 Å². The van der Waals surface area contributed by atoms with E-state index in [1.807, 2.05) is 32.0 Å². The quantitative estimate of drug-likeness (QED) is 0.796. The number of carbonyl (C=O) groups is 2. The van der Waals surface area contributed by atoms with Gasteiger partial charge in [-0.05, 0) is 42.2 Å². The van der Waals surface area contributed by atoms with Gasteiger partial charge in [0.1, 0.15) is 0 Å². The molecule has 1 fully saturated rings. The largest absolute Gasteiger partial charge is 0.454 e. The van der Waals surface area contributed by atoms with E-state index >= 15 is 0 Å². The molecule has 2 heterocycles. The molecule has 0 aromatic heterocycles. The Morgan fingerprint density at radius 2 is 1.97 bits per heavy atom. The van der Waals surface area contributed by atoms with E-state index in [1.54, 1.807) is 17.0 Å². The summed E-state index contributed by atoms with van der Waals surface area (Å²) >= 11 is 6.34. The van der Waals surface area contributed by atoms with Gasteiger partial charge in [-0.15, -0.1) is 0 Å². The zero-order valence-corrected chi connectivity index (χ0v) is 17.2. The fourth-order valence-corrected chi connectivity index (χ4v) is 4.17. The third-order valence-electron chi connectivity index (χ3n) is 5.49. The summed E-state index contributed by atoms with van der Waals surface area (Å²) in [5.41, 5.74) is 3.45. The average molecular weight is 415 g/mol. The van der Waals surface area contributed by atoms with Gasteiger partial charge in [-0.25, -0.2) is 0 Å². The molecule has 2 aromatic carbocycles. The minimum absolute atomic E-state index is 0.0819. The minimum atomic E-state index is -0.429. The molecule has 29 heavy (non-hydrogen) atoms. The van der Waals surface area contributed by atoms with Crippen molar-refractivity contribution >= 4 is 34.8 Å². The molecule has 2 amide bonds. The Labute approximate surface area is 174 Å². The predicted molar refractivity (Wildman–Crippen MR) is 112 cm³/mol. The third kappa shape index (κ3) is 3.65. The van der Waals surface area contributed by atoms with Gasteiger partial charge < -0.3 is 19.7 Å². The zero-order chi connectivity index (χ0) is 20.5. The predicted octanol–water partition coefficient (Wildman–Crippen LogP) is 4.19. The van der Waals surface area contributed by atoms with Crippen LogP contribution in [0, 0.1) is 5.92 Å². The van der Waals surface area contributed by atoms with Gasteiger partial charge in [-0.3, -0.25) is 9.59 Å². The molecule has 1 saturated heterocycles. The minimum Gasteiger partial charge on any atom is -0.454 e. The highest BCUT2D eigenvalue weighted by Gasteiger charge is 2.36. The van der Waals surface area contributed by atoms with Gasteiger partial charge in [0.15, 0.2) is 11.5 Å². The maximum Gasteiger partial charge on any atom is 0.231 e. The number of benzene rings is 2. The number of halogens is 1. The summed E-state index contributed by atoms with van der Waals surface area (Å²) in [6.45, 7) is 4.56. The van der Waals surface area contributed by atoms with Gasteiger partial charge in [0.2, 0.25) is 18.6 Å². The zero-order valence-electron chi connectivity index (χ0n) is 16.5. The number of rotatable bonds is 5. The third-order valence-corrected chi connectivity index (χ3v) is 5.84. The Morgan fingerprint density at radius 3 is 2.72 bits per heavy atom. The van der Waals surface area contributed by atoms with E-state index in [-0.39, 0.29) is 25.0 Å². The molecular formula is C22H23ClN2O4. The summed E-state index contributed by atoms with van der Waals surface area (Å²) in [7, 11) is 0. The molecule has 0 bridgehead atoms. The van der Waals surface area contributed by atoms with Crippen LogP contribution < -0.4 is 19.7 Å². The number of hydrogen-bond acceptors (Lipinski definition) is 4. The first-order chi connectivity index (χ1) is 14.0. The highest BCUT2D eigenvalue weighted by Crippen LogP contribution is 2.37. The summed E-state index contributed by atoms with van der Waals surface area (Å²) in [5.74, 6) is 0.605. The van der Waals surface area contributed by atoms with Crippen LogP contribution in [0.4, 0.5) is 11.4 Å². The lowest BCUT2D eigenvalue weighted by atomic mass is 10.0. The molecule has 2 aromatic rings. The van der Waals surface area contributed by atoms with Crippen molar-refractivity contribution < 1.29 is 19.1 Å². The Morgan fingerprint density at radius 1 is 1.17 bits per heavy atom. The number of hydrogen-bond donors (Lipinski definition) is 1. The molecule has 7 heteroatoms. The fraction of sp³-hybridized carbons (Fsp3) is 0.364. The maximum atomic E-state index is 13.0. The first-order valence-electron chi connectivity index (χ1n) is 9.83. The van der Waals surface area contributed by atoms with E-state index in [1.165, 1.54) is 0 Å². The summed E-state index contributed by atoms with van der Waals surface area (Å²) < 4.78 is 10.7. The van der Waals surface area contributed by atoms with Gasteiger partial charge >= 0.3 is 0 Å². The molecule has 2 aliphatic rings. The van der Waals surface area contributed by atoms with Crippen LogP contribution in [0.2, 0.25) is 5.02 Å². The molecule has 0 unspecified atom stereocenters. The van der Waals surface area contributed by atoms with Crippen molar-refractivity contribution in [2.75, 3.05) is 23.6 Å². The van der Waals surface area contributed by atoms with Crippen molar-refractivity contribution in [2.24, 2.45) is 5.92 Å². The molecule has 1 atom stereocenters. The van der Waals surface area contributed by atoms with E-state index in [9.17, 15) is 9.59 Å². The second kappa shape index (κ2) is 7.95. The lowest BCUT2D eigenvalue weighted by molar-refractivity contribution is -0.122. The Bertz CT molecular complexity index is 976. The Kier molecular flexibility index (Phi) is 5.37. The van der Waals surface area contributed by atoms with Crippen molar-refractivity contribution in [3.8, 4) is 11.5 Å².